The normalized spacial score (nSPS) is 14.9. The summed E-state index contributed by atoms with van der Waals surface area (Å²) in [6, 6.07) is 10.3. The van der Waals surface area contributed by atoms with E-state index >= 15 is 0 Å². The summed E-state index contributed by atoms with van der Waals surface area (Å²) in [4.78, 5) is 14.8. The zero-order valence-electron chi connectivity index (χ0n) is 20.0. The number of rotatable bonds is 8. The number of ether oxygens (including phenoxy) is 1. The Morgan fingerprint density at radius 1 is 1.11 bits per heavy atom. The molecule has 0 radical (unpaired) electrons. The van der Waals surface area contributed by atoms with Gasteiger partial charge in [-0.2, -0.15) is 4.98 Å². The summed E-state index contributed by atoms with van der Waals surface area (Å²) in [7, 11) is 0. The van der Waals surface area contributed by atoms with Crippen LogP contribution in [0.25, 0.3) is 16.9 Å². The molecule has 0 atom stereocenters. The van der Waals surface area contributed by atoms with Crippen LogP contribution in [0.5, 0.6) is 5.75 Å². The quantitative estimate of drug-likeness (QED) is 0.379. The molecule has 10 heteroatoms. The summed E-state index contributed by atoms with van der Waals surface area (Å²) in [6.45, 7) is 5.09. The van der Waals surface area contributed by atoms with Crippen molar-refractivity contribution in [2.75, 3.05) is 31.6 Å². The number of imidazole rings is 1. The molecule has 0 unspecified atom stereocenters. The molecule has 188 valence electrons. The van der Waals surface area contributed by atoms with Gasteiger partial charge in [0, 0.05) is 31.4 Å². The van der Waals surface area contributed by atoms with E-state index in [9.17, 15) is 13.9 Å². The zero-order valence-corrected chi connectivity index (χ0v) is 20.0. The minimum Gasteiger partial charge on any atom is -0.492 e. The number of halogens is 2. The predicted octanol–water partition coefficient (Wildman–Crippen LogP) is 4.24. The Morgan fingerprint density at radius 2 is 1.94 bits per heavy atom. The number of nitrogens with zero attached hydrogens (tertiary/aromatic N) is 5. The van der Waals surface area contributed by atoms with E-state index in [1.54, 1.807) is 12.1 Å². The van der Waals surface area contributed by atoms with E-state index in [1.165, 1.54) is 17.0 Å². The van der Waals surface area contributed by atoms with Gasteiger partial charge in [0.2, 0.25) is 5.95 Å². The van der Waals surface area contributed by atoms with Gasteiger partial charge in [-0.3, -0.25) is 9.47 Å². The Hall–Kier alpha value is -3.63. The van der Waals surface area contributed by atoms with E-state index in [1.807, 2.05) is 25.1 Å². The van der Waals surface area contributed by atoms with Gasteiger partial charge in [0.25, 0.3) is 0 Å². The molecule has 1 aliphatic rings. The first kappa shape index (κ1) is 24.1. The third-order valence-electron chi connectivity index (χ3n) is 6.34. The number of likely N-dealkylation sites (tertiary alicyclic amines) is 1. The number of aromatic nitrogens is 4. The van der Waals surface area contributed by atoms with E-state index in [4.69, 9.17) is 4.74 Å². The van der Waals surface area contributed by atoms with Crippen molar-refractivity contribution in [3.05, 3.63) is 66.1 Å². The van der Waals surface area contributed by atoms with Crippen molar-refractivity contribution in [1.29, 1.82) is 0 Å². The van der Waals surface area contributed by atoms with E-state index in [0.29, 0.717) is 23.6 Å². The van der Waals surface area contributed by atoms with Crippen molar-refractivity contribution >= 4 is 22.7 Å². The van der Waals surface area contributed by atoms with E-state index in [-0.39, 0.29) is 23.4 Å². The smallest absolute Gasteiger partial charge is 0.229 e. The molecule has 2 N–H and O–H groups in total. The molecule has 3 heterocycles. The topological polar surface area (TPSA) is 88.3 Å². The summed E-state index contributed by atoms with van der Waals surface area (Å²) in [5.74, 6) is -0.445. The van der Waals surface area contributed by atoms with E-state index in [0.717, 1.165) is 50.7 Å². The molecule has 5 rings (SSSR count). The van der Waals surface area contributed by atoms with Crippen LogP contribution in [0.15, 0.2) is 48.9 Å². The van der Waals surface area contributed by atoms with Crippen molar-refractivity contribution in [2.24, 2.45) is 0 Å². The molecule has 0 aliphatic carbocycles. The lowest BCUT2D eigenvalue weighted by Gasteiger charge is -2.29. The third kappa shape index (κ3) is 5.29. The van der Waals surface area contributed by atoms with Crippen LogP contribution in [-0.2, 0) is 6.42 Å². The number of hydrogen-bond donors (Lipinski definition) is 2. The highest BCUT2D eigenvalue weighted by atomic mass is 19.1. The van der Waals surface area contributed by atoms with Crippen LogP contribution in [0, 0.1) is 11.6 Å². The molecular weight excluding hydrogens is 466 g/mol. The second kappa shape index (κ2) is 10.5. The highest BCUT2D eigenvalue weighted by Gasteiger charge is 2.17. The number of para-hydroxylation sites is 1. The molecular formula is C26H28F2N6O2. The Morgan fingerprint density at radius 3 is 2.75 bits per heavy atom. The number of aryl methyl sites for hydroxylation is 1. The van der Waals surface area contributed by atoms with Gasteiger partial charge in [0.1, 0.15) is 30.0 Å². The van der Waals surface area contributed by atoms with Crippen LogP contribution in [0.4, 0.5) is 20.4 Å². The first-order valence-electron chi connectivity index (χ1n) is 12.1. The number of benzene rings is 2. The van der Waals surface area contributed by atoms with Crippen LogP contribution >= 0.6 is 0 Å². The lowest BCUT2D eigenvalue weighted by molar-refractivity contribution is 0.0755. The Balaban J connectivity index is 1.34. The van der Waals surface area contributed by atoms with Crippen molar-refractivity contribution < 1.29 is 18.6 Å². The van der Waals surface area contributed by atoms with Crippen LogP contribution in [0.3, 0.4) is 0 Å². The van der Waals surface area contributed by atoms with Crippen LogP contribution in [0.2, 0.25) is 0 Å². The average Bonchev–Trinajstić information content (AvgIpc) is 3.32. The van der Waals surface area contributed by atoms with Crippen LogP contribution in [-0.4, -0.2) is 61.9 Å². The molecule has 0 saturated carbocycles. The highest BCUT2D eigenvalue weighted by molar-refractivity contribution is 5.77. The van der Waals surface area contributed by atoms with Crippen molar-refractivity contribution in [3.8, 4) is 11.6 Å². The number of hydrogen-bond acceptors (Lipinski definition) is 7. The van der Waals surface area contributed by atoms with Gasteiger partial charge < -0.3 is 15.2 Å². The van der Waals surface area contributed by atoms with Gasteiger partial charge in [-0.05, 0) is 49.1 Å². The molecule has 1 aliphatic heterocycles. The molecule has 2 aromatic carbocycles. The Bertz CT molecular complexity index is 1350. The second-order valence-corrected chi connectivity index (χ2v) is 8.85. The number of aliphatic hydroxyl groups is 1. The standard InChI is InChI=1S/C26H28F2N6O2/c1-2-17-12-18(14-20(13-17)36-11-10-33-8-6-19(35)7-9-33)31-26-29-15-22(28)25(32-26)34-16-30-23-5-3-4-21(27)24(23)34/h3-5,12-16,19,35H,2,6-11H2,1H3,(H,29,31,32). The zero-order chi connectivity index (χ0) is 25.1. The van der Waals surface area contributed by atoms with E-state index < -0.39 is 11.6 Å². The van der Waals surface area contributed by atoms with Crippen molar-refractivity contribution in [2.45, 2.75) is 32.3 Å². The number of aliphatic hydroxyl groups excluding tert-OH is 1. The fourth-order valence-electron chi connectivity index (χ4n) is 4.36. The molecule has 1 saturated heterocycles. The summed E-state index contributed by atoms with van der Waals surface area (Å²) in [5.41, 5.74) is 2.30. The molecule has 4 aromatic rings. The van der Waals surface area contributed by atoms with Gasteiger partial charge in [0.15, 0.2) is 11.6 Å². The SMILES string of the molecule is CCc1cc(Nc2ncc(F)c(-n3cnc4cccc(F)c43)n2)cc(OCCN2CCC(O)CC2)c1. The molecule has 0 bridgehead atoms. The van der Waals surface area contributed by atoms with E-state index in [2.05, 4.69) is 25.2 Å². The number of nitrogens with one attached hydrogen (secondary N) is 1. The van der Waals surface area contributed by atoms with Crippen LogP contribution in [0.1, 0.15) is 25.3 Å². The fraction of sp³-hybridized carbons (Fsp3) is 0.346. The van der Waals surface area contributed by atoms with Gasteiger partial charge >= 0.3 is 0 Å². The number of anilines is 2. The minimum atomic E-state index is -0.695. The summed E-state index contributed by atoms with van der Waals surface area (Å²) < 4.78 is 36.4. The summed E-state index contributed by atoms with van der Waals surface area (Å²) in [5, 5.41) is 12.8. The largest absolute Gasteiger partial charge is 0.492 e. The van der Waals surface area contributed by atoms with Crippen molar-refractivity contribution in [1.82, 2.24) is 24.4 Å². The molecule has 8 nitrogen and oxygen atoms in total. The molecule has 36 heavy (non-hydrogen) atoms. The van der Waals surface area contributed by atoms with Gasteiger partial charge in [-0.15, -0.1) is 0 Å². The Labute approximate surface area is 207 Å². The fourth-order valence-corrected chi connectivity index (χ4v) is 4.36. The lowest BCUT2D eigenvalue weighted by Crippen LogP contribution is -2.38. The maximum atomic E-state index is 14.7. The summed E-state index contributed by atoms with van der Waals surface area (Å²) >= 11 is 0. The highest BCUT2D eigenvalue weighted by Crippen LogP contribution is 2.26. The Kier molecular flexibility index (Phi) is 7.06. The minimum absolute atomic E-state index is 0.102. The molecule has 2 aromatic heterocycles. The second-order valence-electron chi connectivity index (χ2n) is 8.85. The first-order chi connectivity index (χ1) is 17.5. The molecule has 1 fully saturated rings. The maximum absolute atomic E-state index is 14.7. The van der Waals surface area contributed by atoms with Gasteiger partial charge in [-0.25, -0.2) is 18.7 Å². The average molecular weight is 495 g/mol. The lowest BCUT2D eigenvalue weighted by atomic mass is 10.1. The monoisotopic (exact) mass is 494 g/mol. The van der Waals surface area contributed by atoms with Crippen LogP contribution < -0.4 is 10.1 Å². The van der Waals surface area contributed by atoms with Gasteiger partial charge in [0.05, 0.1) is 17.8 Å². The number of fused-ring (bicyclic) bond motifs is 1. The first-order valence-corrected chi connectivity index (χ1v) is 12.1. The summed E-state index contributed by atoms with van der Waals surface area (Å²) in [6.07, 6.45) is 4.58. The maximum Gasteiger partial charge on any atom is 0.229 e. The predicted molar refractivity (Wildman–Crippen MR) is 133 cm³/mol. The molecule has 0 spiro atoms. The van der Waals surface area contributed by atoms with Crippen molar-refractivity contribution in [3.63, 3.8) is 0 Å². The van der Waals surface area contributed by atoms with Gasteiger partial charge in [-0.1, -0.05) is 13.0 Å². The third-order valence-corrected chi connectivity index (χ3v) is 6.34. The molecule has 0 amide bonds. The number of piperidine rings is 1.